The number of nitrogens with one attached hydrogen (secondary N) is 5. The number of fused-ring (bicyclic) bond motifs is 6. The Kier molecular flexibility index (Phi) is 12.8. The van der Waals surface area contributed by atoms with E-state index in [1.807, 2.05) is 88.2 Å². The number of carbonyl (C=O) groups excluding carboxylic acids is 6. The molecule has 4 saturated carbocycles. The maximum Gasteiger partial charge on any atom is 0.340 e. The monoisotopic (exact) mass is 863 g/mol. The summed E-state index contributed by atoms with van der Waals surface area (Å²) in [6, 6.07) is 11.6. The highest BCUT2D eigenvalue weighted by Crippen LogP contribution is 2.56. The molecule has 5 N–H and O–H groups in total. The third kappa shape index (κ3) is 8.99. The minimum atomic E-state index is -0.958. The number of ether oxygens (including phenoxy) is 2. The molecule has 0 saturated heterocycles. The lowest BCUT2D eigenvalue weighted by Gasteiger charge is -2.36. The third-order valence-electron chi connectivity index (χ3n) is 14.1. The van der Waals surface area contributed by atoms with Gasteiger partial charge in [0.1, 0.15) is 12.2 Å². The van der Waals surface area contributed by atoms with Crippen LogP contribution in [-0.4, -0.2) is 122 Å². The Morgan fingerprint density at radius 3 is 1.40 bits per heavy atom. The molecule has 4 aromatic rings. The minimum Gasteiger partial charge on any atom is -0.458 e. The number of aromatic amines is 2. The second kappa shape index (κ2) is 18.3. The van der Waals surface area contributed by atoms with Crippen LogP contribution in [0.1, 0.15) is 70.4 Å². The summed E-state index contributed by atoms with van der Waals surface area (Å²) < 4.78 is 12.3. The summed E-state index contributed by atoms with van der Waals surface area (Å²) >= 11 is 0. The molecule has 4 aliphatic carbocycles. The van der Waals surface area contributed by atoms with Gasteiger partial charge in [-0.3, -0.25) is 24.5 Å². The van der Waals surface area contributed by atoms with Gasteiger partial charge in [0.15, 0.2) is 0 Å². The van der Waals surface area contributed by atoms with Crippen LogP contribution in [0.15, 0.2) is 48.8 Å². The van der Waals surface area contributed by atoms with Gasteiger partial charge in [-0.05, 0) is 130 Å². The molecule has 2 aromatic carbocycles. The van der Waals surface area contributed by atoms with Crippen molar-refractivity contribution in [2.24, 2.45) is 47.3 Å². The van der Waals surface area contributed by atoms with E-state index >= 15 is 0 Å². The van der Waals surface area contributed by atoms with Crippen molar-refractivity contribution in [1.82, 2.24) is 35.7 Å². The van der Waals surface area contributed by atoms with E-state index in [1.54, 1.807) is 12.4 Å². The predicted octanol–water partition coefficient (Wildman–Crippen LogP) is 4.34. The summed E-state index contributed by atoms with van der Waals surface area (Å²) in [7, 11) is 7.83. The fourth-order valence-electron chi connectivity index (χ4n) is 11.3. The van der Waals surface area contributed by atoms with Gasteiger partial charge >= 0.3 is 11.9 Å². The first-order valence-corrected chi connectivity index (χ1v) is 22.5. The fourth-order valence-corrected chi connectivity index (χ4v) is 11.3. The highest BCUT2D eigenvalue weighted by atomic mass is 16.5. The first kappa shape index (κ1) is 44.1. The lowest BCUT2D eigenvalue weighted by Crippen LogP contribution is -2.53. The highest BCUT2D eigenvalue weighted by molar-refractivity contribution is 6.06. The molecule has 0 spiro atoms. The first-order valence-electron chi connectivity index (χ1n) is 22.5. The van der Waals surface area contributed by atoms with Crippen molar-refractivity contribution in [1.29, 1.82) is 0 Å². The van der Waals surface area contributed by atoms with Crippen molar-refractivity contribution in [3.05, 3.63) is 71.0 Å². The van der Waals surface area contributed by atoms with Crippen LogP contribution in [-0.2, 0) is 28.7 Å². The second-order valence-electron chi connectivity index (χ2n) is 19.0. The zero-order valence-corrected chi connectivity index (χ0v) is 37.1. The average molecular weight is 864 g/mol. The quantitative estimate of drug-likeness (QED) is 0.0615. The maximum atomic E-state index is 14.7. The van der Waals surface area contributed by atoms with Gasteiger partial charge in [-0.25, -0.2) is 9.59 Å². The predicted molar refractivity (Wildman–Crippen MR) is 236 cm³/mol. The average Bonchev–Trinajstić information content (AvgIpc) is 4.10. The molecule has 4 fully saturated rings. The molecular weight excluding hydrogens is 803 g/mol. The summed E-state index contributed by atoms with van der Waals surface area (Å²) in [6.07, 6.45) is 5.16. The van der Waals surface area contributed by atoms with Gasteiger partial charge < -0.3 is 39.9 Å². The number of imide groups is 1. The van der Waals surface area contributed by atoms with Crippen molar-refractivity contribution in [3.8, 4) is 0 Å². The van der Waals surface area contributed by atoms with E-state index < -0.39 is 71.5 Å². The fraction of sp³-hybridized carbons (Fsp3) is 0.542. The number of aromatic nitrogens is 2. The number of carbonyl (C=O) groups is 6. The molecule has 15 heteroatoms. The van der Waals surface area contributed by atoms with E-state index in [-0.39, 0.29) is 23.7 Å². The number of amides is 4. The summed E-state index contributed by atoms with van der Waals surface area (Å²) in [4.78, 5) is 95.1. The number of nitrogens with zero attached hydrogens (tertiary/aromatic N) is 2. The second-order valence-corrected chi connectivity index (χ2v) is 19.0. The van der Waals surface area contributed by atoms with Crippen molar-refractivity contribution < 1.29 is 38.2 Å². The molecule has 4 bridgehead atoms. The number of benzene rings is 2. The molecule has 0 aliphatic heterocycles. The molecule has 63 heavy (non-hydrogen) atoms. The van der Waals surface area contributed by atoms with E-state index in [2.05, 4.69) is 25.9 Å². The highest BCUT2D eigenvalue weighted by Gasteiger charge is 2.62. The molecule has 15 nitrogen and oxygen atoms in total. The van der Waals surface area contributed by atoms with Crippen LogP contribution >= 0.6 is 0 Å². The number of aryl methyl sites for hydroxylation is 2. The van der Waals surface area contributed by atoms with Crippen LogP contribution in [0.2, 0.25) is 0 Å². The van der Waals surface area contributed by atoms with Crippen LogP contribution in [0.25, 0.3) is 21.8 Å². The van der Waals surface area contributed by atoms with Gasteiger partial charge in [0.05, 0.1) is 34.8 Å². The Bertz CT molecular complexity index is 2240. The van der Waals surface area contributed by atoms with Crippen molar-refractivity contribution in [2.45, 2.75) is 64.6 Å². The summed E-state index contributed by atoms with van der Waals surface area (Å²) in [5, 5.41) is 10.2. The van der Waals surface area contributed by atoms with Gasteiger partial charge in [-0.15, -0.1) is 0 Å². The summed E-state index contributed by atoms with van der Waals surface area (Å²) in [5.41, 5.74) is 4.36. The lowest BCUT2D eigenvalue weighted by atomic mass is 9.75. The number of H-pyrrole nitrogens is 2. The molecule has 2 heterocycles. The van der Waals surface area contributed by atoms with E-state index in [0.29, 0.717) is 62.7 Å². The van der Waals surface area contributed by atoms with E-state index in [9.17, 15) is 28.8 Å². The number of esters is 2. The van der Waals surface area contributed by atoms with Crippen LogP contribution in [0.4, 0.5) is 0 Å². The Labute approximate surface area is 367 Å². The van der Waals surface area contributed by atoms with E-state index in [4.69, 9.17) is 9.47 Å². The smallest absolute Gasteiger partial charge is 0.340 e. The van der Waals surface area contributed by atoms with Crippen LogP contribution in [0, 0.1) is 61.2 Å². The van der Waals surface area contributed by atoms with Gasteiger partial charge in [0.2, 0.25) is 23.6 Å². The molecule has 8 rings (SSSR count). The standard InChI is InChI=1S/C48H61N7O8/c1-25-9-11-35-29(17-25)33(23-51-35)47(60)62-37-21-27-19-31(37)41(39(27)43(56)49-13-7-15-54(3)4)45(58)53-46(59)42-32-20-28(40(42)44(57)50-14-8-16-55(5)6)22-38(32)63-48(61)34-24-52-36-12-10-26(2)18-30(34)36/h9-12,17-18,23-24,27-28,31-32,37-42,51-52H,7-8,13-16,19-22H2,1-6H3,(H,49,56)(H,50,57)(H,53,58,59). The Morgan fingerprint density at radius 1 is 0.587 bits per heavy atom. The molecule has 2 aromatic heterocycles. The van der Waals surface area contributed by atoms with Gasteiger partial charge in [-0.2, -0.15) is 0 Å². The Balaban J connectivity index is 1.02. The molecule has 10 unspecified atom stereocenters. The maximum absolute atomic E-state index is 14.7. The Morgan fingerprint density at radius 2 is 1.00 bits per heavy atom. The number of hydrogen-bond donors (Lipinski definition) is 5. The van der Waals surface area contributed by atoms with Crippen LogP contribution < -0.4 is 16.0 Å². The Hall–Kier alpha value is -5.54. The molecular formula is C48H61N7O8. The number of hydrogen-bond acceptors (Lipinski definition) is 10. The van der Waals surface area contributed by atoms with Gasteiger partial charge in [0, 0.05) is 59.1 Å². The van der Waals surface area contributed by atoms with E-state index in [0.717, 1.165) is 46.0 Å². The summed E-state index contributed by atoms with van der Waals surface area (Å²) in [5.74, 6) is -7.74. The first-order chi connectivity index (χ1) is 30.2. The molecule has 0 radical (unpaired) electrons. The zero-order chi connectivity index (χ0) is 44.7. The topological polar surface area (TPSA) is 195 Å². The summed E-state index contributed by atoms with van der Waals surface area (Å²) in [6.45, 7) is 6.28. The SMILES string of the molecule is Cc1ccc2[nH]cc(C(=O)OC3CC4CC3C(C(=O)NC(=O)C3C5CC(CC5OC(=O)c5c[nH]c6ccc(C)cc56)C3C(=O)NCCCN(C)C)C4C(=O)NCCCN(C)C)c2c1. The molecule has 4 aliphatic rings. The molecule has 336 valence electrons. The van der Waals surface area contributed by atoms with E-state index in [1.165, 1.54) is 0 Å². The molecule has 10 atom stereocenters. The van der Waals surface area contributed by atoms with Crippen molar-refractivity contribution >= 4 is 57.4 Å². The molecule has 4 amide bonds. The van der Waals surface area contributed by atoms with Gasteiger partial charge in [-0.1, -0.05) is 23.3 Å². The zero-order valence-electron chi connectivity index (χ0n) is 37.1. The third-order valence-corrected chi connectivity index (χ3v) is 14.1. The number of rotatable bonds is 16. The van der Waals surface area contributed by atoms with Crippen molar-refractivity contribution in [2.75, 3.05) is 54.4 Å². The minimum absolute atomic E-state index is 0.252. The van der Waals surface area contributed by atoms with Crippen molar-refractivity contribution in [3.63, 3.8) is 0 Å². The van der Waals surface area contributed by atoms with Gasteiger partial charge in [0.25, 0.3) is 0 Å². The lowest BCUT2D eigenvalue weighted by molar-refractivity contribution is -0.147. The van der Waals surface area contributed by atoms with Crippen LogP contribution in [0.5, 0.6) is 0 Å². The largest absolute Gasteiger partial charge is 0.458 e. The van der Waals surface area contributed by atoms with Crippen LogP contribution in [0.3, 0.4) is 0 Å². The normalized spacial score (nSPS) is 27.0.